The Kier molecular flexibility index (Phi) is 4730. The summed E-state index contributed by atoms with van der Waals surface area (Å²) in [5, 5.41) is 0. The van der Waals surface area contributed by atoms with E-state index in [1.807, 2.05) is 0 Å². The standard InChI is InChI=1S/3H2O.Ru/h3*1H2;/q;;;+1. The molecule has 0 aromatic rings. The van der Waals surface area contributed by atoms with Crippen molar-refractivity contribution in [1.29, 1.82) is 0 Å². The summed E-state index contributed by atoms with van der Waals surface area (Å²) in [7, 11) is 0. The number of hydrogen-bond acceptors (Lipinski definition) is 0. The van der Waals surface area contributed by atoms with Gasteiger partial charge in [-0.3, -0.25) is 0 Å². The van der Waals surface area contributed by atoms with E-state index >= 15 is 0 Å². The summed E-state index contributed by atoms with van der Waals surface area (Å²) in [4.78, 5) is 0. The topological polar surface area (TPSA) is 94.5 Å². The van der Waals surface area contributed by atoms with Crippen LogP contribution in [0, 0.1) is 0 Å². The van der Waals surface area contributed by atoms with Gasteiger partial charge in [0.25, 0.3) is 0 Å². The van der Waals surface area contributed by atoms with Gasteiger partial charge in [0.2, 0.25) is 0 Å². The first-order valence-corrected chi connectivity index (χ1v) is 0. The molecule has 3 nitrogen and oxygen atoms in total. The summed E-state index contributed by atoms with van der Waals surface area (Å²) in [6.45, 7) is 0. The monoisotopic (exact) mass is 156 g/mol. The normalized spacial score (nSPS) is 0. The van der Waals surface area contributed by atoms with Crippen molar-refractivity contribution >= 4 is 0 Å². The SMILES string of the molecule is O.O.O.[Ru+]. The molecule has 0 spiro atoms. The second-order valence-corrected chi connectivity index (χ2v) is 0. The van der Waals surface area contributed by atoms with Gasteiger partial charge in [-0.25, -0.2) is 0 Å². The summed E-state index contributed by atoms with van der Waals surface area (Å²) in [5.74, 6) is 0. The molecule has 0 rings (SSSR count). The Morgan fingerprint density at radius 1 is 0.500 bits per heavy atom. The van der Waals surface area contributed by atoms with Crippen LogP contribution in [-0.2, 0) is 19.5 Å². The summed E-state index contributed by atoms with van der Waals surface area (Å²) in [6.07, 6.45) is 0. The summed E-state index contributed by atoms with van der Waals surface area (Å²) in [5.41, 5.74) is 0. The molecule has 0 heterocycles. The van der Waals surface area contributed by atoms with Gasteiger partial charge in [0.1, 0.15) is 0 Å². The molecule has 0 aromatic heterocycles. The predicted molar refractivity (Wildman–Crippen MR) is 10.8 cm³/mol. The number of hydrogen-bond donors (Lipinski definition) is 0. The van der Waals surface area contributed by atoms with Crippen LogP contribution in [0.15, 0.2) is 0 Å². The summed E-state index contributed by atoms with van der Waals surface area (Å²) >= 11 is 0. The van der Waals surface area contributed by atoms with Crippen LogP contribution >= 0.6 is 0 Å². The van der Waals surface area contributed by atoms with Crippen LogP contribution in [0.4, 0.5) is 0 Å². The van der Waals surface area contributed by atoms with E-state index < -0.39 is 0 Å². The molecule has 4 heavy (non-hydrogen) atoms. The molecule has 31 valence electrons. The van der Waals surface area contributed by atoms with Gasteiger partial charge in [0, 0.05) is 0 Å². The van der Waals surface area contributed by atoms with Crippen molar-refractivity contribution < 1.29 is 35.9 Å². The zero-order chi connectivity index (χ0) is 0. The van der Waals surface area contributed by atoms with E-state index in [1.54, 1.807) is 0 Å². The Balaban J connectivity index is 0. The molecule has 0 unspecified atom stereocenters. The summed E-state index contributed by atoms with van der Waals surface area (Å²) in [6, 6.07) is 0. The average Bonchev–Trinajstić information content (AvgIpc) is 0. The molecule has 4 heteroatoms. The minimum absolute atomic E-state index is 0. The first kappa shape index (κ1) is 218. The average molecular weight is 155 g/mol. The molecule has 1 radical (unpaired) electrons. The zero-order valence-electron chi connectivity index (χ0n) is 1.85. The third-order valence-corrected chi connectivity index (χ3v) is 0. The van der Waals surface area contributed by atoms with Gasteiger partial charge in [-0.05, 0) is 0 Å². The van der Waals surface area contributed by atoms with Crippen molar-refractivity contribution in [2.24, 2.45) is 0 Å². The fourth-order valence-corrected chi connectivity index (χ4v) is 0. The largest absolute Gasteiger partial charge is 1.00 e. The Morgan fingerprint density at radius 2 is 0.500 bits per heavy atom. The third kappa shape index (κ3) is 22.3. The molecule has 0 aliphatic rings. The third-order valence-electron chi connectivity index (χ3n) is 0. The van der Waals surface area contributed by atoms with Gasteiger partial charge >= 0.3 is 19.5 Å². The van der Waals surface area contributed by atoms with Crippen molar-refractivity contribution in [3.63, 3.8) is 0 Å². The molecular formula is H6O3Ru+. The minimum Gasteiger partial charge on any atom is -0.412 e. The Labute approximate surface area is 36.7 Å². The second kappa shape index (κ2) is 86.6. The molecule has 0 aromatic carbocycles. The van der Waals surface area contributed by atoms with E-state index in [0.29, 0.717) is 0 Å². The first-order valence-electron chi connectivity index (χ1n) is 0. The fourth-order valence-electron chi connectivity index (χ4n) is 0. The predicted octanol–water partition coefficient (Wildman–Crippen LogP) is -2.48. The van der Waals surface area contributed by atoms with Crippen molar-refractivity contribution in [3.8, 4) is 0 Å². The molecule has 0 aliphatic carbocycles. The van der Waals surface area contributed by atoms with Crippen LogP contribution in [-0.4, -0.2) is 16.4 Å². The maximum Gasteiger partial charge on any atom is 1.00 e. The molecule has 0 atom stereocenters. The molecule has 0 aliphatic heterocycles. The fraction of sp³-hybridized carbons (Fsp3) is 0. The molecule has 0 bridgehead atoms. The minimum atomic E-state index is 0. The van der Waals surface area contributed by atoms with Gasteiger partial charge in [-0.2, -0.15) is 0 Å². The van der Waals surface area contributed by atoms with Crippen molar-refractivity contribution in [2.75, 3.05) is 0 Å². The van der Waals surface area contributed by atoms with Crippen LogP contribution in [0.2, 0.25) is 0 Å². The van der Waals surface area contributed by atoms with Crippen molar-refractivity contribution in [2.45, 2.75) is 0 Å². The van der Waals surface area contributed by atoms with Crippen LogP contribution < -0.4 is 0 Å². The Morgan fingerprint density at radius 3 is 0.500 bits per heavy atom. The quantitative estimate of drug-likeness (QED) is 0.346. The molecular weight excluding hydrogens is 149 g/mol. The maximum atomic E-state index is 0. The molecule has 6 N–H and O–H groups in total. The van der Waals surface area contributed by atoms with E-state index in [1.165, 1.54) is 0 Å². The van der Waals surface area contributed by atoms with E-state index in [4.69, 9.17) is 0 Å². The van der Waals surface area contributed by atoms with Crippen LogP contribution in [0.1, 0.15) is 0 Å². The van der Waals surface area contributed by atoms with Crippen LogP contribution in [0.3, 0.4) is 0 Å². The van der Waals surface area contributed by atoms with Crippen molar-refractivity contribution in [3.05, 3.63) is 0 Å². The van der Waals surface area contributed by atoms with Gasteiger partial charge < -0.3 is 16.4 Å². The van der Waals surface area contributed by atoms with Crippen molar-refractivity contribution in [1.82, 2.24) is 0 Å². The molecule has 0 fully saturated rings. The zero-order valence-corrected chi connectivity index (χ0v) is 3.59. The van der Waals surface area contributed by atoms with Gasteiger partial charge in [0.05, 0.1) is 0 Å². The van der Waals surface area contributed by atoms with Crippen LogP contribution in [0.25, 0.3) is 0 Å². The van der Waals surface area contributed by atoms with E-state index in [-0.39, 0.29) is 35.9 Å². The molecule has 0 saturated carbocycles. The van der Waals surface area contributed by atoms with Crippen LogP contribution in [0.5, 0.6) is 0 Å². The molecule has 0 saturated heterocycles. The van der Waals surface area contributed by atoms with Gasteiger partial charge in [-0.1, -0.05) is 0 Å². The Bertz CT molecular complexity index is 3.25. The van der Waals surface area contributed by atoms with E-state index in [2.05, 4.69) is 0 Å². The number of rotatable bonds is 0. The Hall–Kier alpha value is 0.503. The van der Waals surface area contributed by atoms with Gasteiger partial charge in [-0.15, -0.1) is 0 Å². The second-order valence-electron chi connectivity index (χ2n) is 0. The first-order chi connectivity index (χ1) is 0. The smallest absolute Gasteiger partial charge is 0.412 e. The van der Waals surface area contributed by atoms with E-state index in [9.17, 15) is 0 Å². The molecule has 0 amide bonds. The summed E-state index contributed by atoms with van der Waals surface area (Å²) < 4.78 is 0. The maximum absolute atomic E-state index is 0. The van der Waals surface area contributed by atoms with E-state index in [0.717, 1.165) is 0 Å². The van der Waals surface area contributed by atoms with Gasteiger partial charge in [0.15, 0.2) is 0 Å².